The summed E-state index contributed by atoms with van der Waals surface area (Å²) in [5.74, 6) is -7.94. The molecule has 4 saturated heterocycles. The van der Waals surface area contributed by atoms with Gasteiger partial charge in [0.1, 0.15) is 59.7 Å². The Labute approximate surface area is 775 Å². The molecule has 35 nitrogen and oxygen atoms in total. The van der Waals surface area contributed by atoms with Gasteiger partial charge in [-0.25, -0.2) is 49.2 Å². The number of piperidine rings is 1. The Bertz CT molecular complexity index is 5470. The number of benzene rings is 1. The van der Waals surface area contributed by atoms with Crippen LogP contribution in [0.1, 0.15) is 170 Å². The number of rotatable bonds is 18. The topological polar surface area (TPSA) is 425 Å². The number of carbonyl (C=O) groups excluding carboxylic acids is 8. The lowest BCUT2D eigenvalue weighted by Crippen LogP contribution is -2.61. The van der Waals surface area contributed by atoms with Crippen molar-refractivity contribution >= 4 is 86.9 Å². The highest BCUT2D eigenvalue weighted by Gasteiger charge is 2.54. The van der Waals surface area contributed by atoms with Crippen molar-refractivity contribution in [3.05, 3.63) is 149 Å². The Kier molecular flexibility index (Phi) is 31.5. The van der Waals surface area contributed by atoms with Crippen molar-refractivity contribution in [2.75, 3.05) is 122 Å². The Morgan fingerprint density at radius 3 is 2.26 bits per heavy atom. The molecule has 0 unspecified atom stereocenters. The van der Waals surface area contributed by atoms with Gasteiger partial charge in [0, 0.05) is 184 Å². The summed E-state index contributed by atoms with van der Waals surface area (Å²) in [6, 6.07) is 9.09. The number of anilines is 3. The summed E-state index contributed by atoms with van der Waals surface area (Å²) in [7, 11) is 3.13. The number of amides is 4. The van der Waals surface area contributed by atoms with Crippen LogP contribution in [-0.4, -0.2) is 297 Å². The van der Waals surface area contributed by atoms with Gasteiger partial charge in [-0.3, -0.25) is 33.7 Å². The maximum atomic E-state index is 14.9. The molecule has 35 heteroatoms. The molecule has 1 aromatic carbocycles. The van der Waals surface area contributed by atoms with Crippen LogP contribution in [0.5, 0.6) is 0 Å². The molecule has 15 rings (SSSR count). The summed E-state index contributed by atoms with van der Waals surface area (Å²) >= 11 is 0. The average Bonchev–Trinajstić information content (AvgIpc) is 1.44. The molecule has 2 bridgehead atoms. The highest BCUT2D eigenvalue weighted by Crippen LogP contribution is 2.41. The first-order valence-corrected chi connectivity index (χ1v) is 47.2. The predicted molar refractivity (Wildman–Crippen MR) is 494 cm³/mol. The minimum absolute atomic E-state index is 0.0251. The van der Waals surface area contributed by atoms with Crippen molar-refractivity contribution in [2.45, 2.75) is 219 Å². The van der Waals surface area contributed by atoms with E-state index in [9.17, 15) is 53.7 Å². The number of allylic oxidation sites excluding steroid dienone is 6. The number of nitrogens with one attached hydrogen (secondary N) is 1. The van der Waals surface area contributed by atoms with Crippen molar-refractivity contribution in [3.8, 4) is 11.3 Å². The molecule has 0 spiro atoms. The van der Waals surface area contributed by atoms with E-state index in [-0.39, 0.29) is 73.8 Å². The number of esters is 1. The molecule has 1 saturated carbocycles. The van der Waals surface area contributed by atoms with Gasteiger partial charge in [0.05, 0.1) is 67.7 Å². The Hall–Kier alpha value is -11.2. The number of H-pyrrole nitrogens is 1. The van der Waals surface area contributed by atoms with Crippen LogP contribution < -0.4 is 15.5 Å². The Morgan fingerprint density at radius 1 is 0.714 bits per heavy atom. The van der Waals surface area contributed by atoms with Crippen LogP contribution >= 0.6 is 0 Å². The number of aromatic nitrogens is 10. The van der Waals surface area contributed by atoms with E-state index < -0.39 is 108 Å². The third-order valence-electron chi connectivity index (χ3n) is 28.3. The number of nitrogens with two attached hydrogens (primary N) is 1. The molecule has 7 aliphatic heterocycles. The molecule has 5 fully saturated rings. The quantitative estimate of drug-likeness (QED) is 0.0232. The molecule has 7 aromatic rings. The van der Waals surface area contributed by atoms with Gasteiger partial charge < -0.3 is 83.9 Å². The van der Waals surface area contributed by atoms with Crippen LogP contribution in [0, 0.1) is 35.5 Å². The molecule has 0 radical (unpaired) electrons. The van der Waals surface area contributed by atoms with Crippen LogP contribution in [0.4, 0.5) is 22.5 Å². The number of cyclic esters (lactones) is 1. The summed E-state index contributed by atoms with van der Waals surface area (Å²) in [4.78, 5) is 162. The van der Waals surface area contributed by atoms with E-state index in [0.29, 0.717) is 196 Å². The van der Waals surface area contributed by atoms with Crippen LogP contribution in [0.15, 0.2) is 115 Å². The van der Waals surface area contributed by atoms with E-state index in [2.05, 4.69) is 62.8 Å². The number of Topliss-reactive ketones (excluding diaryl/α,β-unsaturated/α-hetero) is 3. The second-order valence-corrected chi connectivity index (χ2v) is 37.6. The van der Waals surface area contributed by atoms with Crippen LogP contribution in [0.2, 0.25) is 0 Å². The number of hydrogen-bond acceptors (Lipinski definition) is 29. The van der Waals surface area contributed by atoms with E-state index in [1.54, 1.807) is 71.6 Å². The molecule has 1 aliphatic carbocycles. The number of nitrogens with zero attached hydrogens (tertiary/aromatic N) is 16. The maximum absolute atomic E-state index is 14.9. The van der Waals surface area contributed by atoms with Crippen molar-refractivity contribution in [3.63, 3.8) is 0 Å². The zero-order chi connectivity index (χ0) is 93.9. The number of ether oxygens (including phenoxy) is 6. The van der Waals surface area contributed by atoms with E-state index in [0.717, 1.165) is 57.6 Å². The SMILES string of the molecule is CO[C@H]1C[C@@H]2CC[C@@H](C)[C@@](O)(O2)C(=O)C(=O)N2CCCC[C@H]2C(=O)O[C@H]([C@H](C)C[C@@H]2CC[C@@H](OC(=O)N3CCc4nc(N5CCN(C(=O)CCOCCN6CCN(c7ncc(C(=O)N8CCc9cc(Cn%10nc(-c%11cnc%12[nH]ccc%12c%11)c%11c(N)ncnc%11%10)ccc9C8)cn7)CC6)CC5)ncc4C3)[C@H](OC)C2)CC(=O)[C@H](C)/C=C(\C)[C@@H](O)[C@@H](O)C(=O)[C@H](C)C[C@H](C)/C=C/C=C/C=C/1C. The number of carbonyl (C=O) groups is 8. The lowest BCUT2D eigenvalue weighted by Gasteiger charge is -2.42. The summed E-state index contributed by atoms with van der Waals surface area (Å²) in [6.07, 6.45) is 19.6. The van der Waals surface area contributed by atoms with Gasteiger partial charge in [-0.2, -0.15) is 5.10 Å². The van der Waals surface area contributed by atoms with Gasteiger partial charge in [-0.1, -0.05) is 89.3 Å². The average molecular weight is 1830 g/mol. The number of ketones is 3. The Morgan fingerprint density at radius 2 is 1.47 bits per heavy atom. The molecule has 13 heterocycles. The van der Waals surface area contributed by atoms with Crippen LogP contribution in [0.25, 0.3) is 33.3 Å². The first kappa shape index (κ1) is 96.4. The van der Waals surface area contributed by atoms with Gasteiger partial charge in [0.2, 0.25) is 23.6 Å². The first-order valence-electron chi connectivity index (χ1n) is 47.2. The van der Waals surface area contributed by atoms with Crippen LogP contribution in [-0.2, 0) is 89.7 Å². The van der Waals surface area contributed by atoms with Crippen molar-refractivity contribution in [1.29, 1.82) is 0 Å². The largest absolute Gasteiger partial charge is 0.460 e. The zero-order valence-electron chi connectivity index (χ0n) is 77.8. The van der Waals surface area contributed by atoms with Crippen molar-refractivity contribution in [1.82, 2.24) is 74.2 Å². The number of nitrogen functional groups attached to an aromatic ring is 1. The van der Waals surface area contributed by atoms with Gasteiger partial charge in [-0.05, 0) is 142 Å². The maximum Gasteiger partial charge on any atom is 0.410 e. The van der Waals surface area contributed by atoms with Gasteiger partial charge in [0.25, 0.3) is 17.6 Å². The van der Waals surface area contributed by atoms with Gasteiger partial charge in [-0.15, -0.1) is 0 Å². The Balaban J connectivity index is 0.483. The minimum Gasteiger partial charge on any atom is -0.460 e. The molecule has 712 valence electrons. The minimum atomic E-state index is -2.50. The third kappa shape index (κ3) is 22.8. The number of fused-ring (bicyclic) bond motifs is 7. The summed E-state index contributed by atoms with van der Waals surface area (Å²) < 4.78 is 38.7. The molecule has 8 aliphatic rings. The van der Waals surface area contributed by atoms with Gasteiger partial charge >= 0.3 is 12.1 Å². The second-order valence-electron chi connectivity index (χ2n) is 37.6. The highest BCUT2D eigenvalue weighted by atomic mass is 16.6. The number of pyridine rings is 1. The fraction of sp³-hybridized carbons (Fsp3) is 0.571. The standard InChI is InChI=1S/C98H128N18O17/c1-59-15-11-10-12-16-60(2)79(128-8)49-74-22-18-65(7)98(127,133-74)88(122)93(124)115-29-14-13-17-76(115)94(125)131-80(50-77(117)61(3)44-64(6)86(120)87(121)85(119)63(5)43-59)62(4)45-66-20-23-78(81(47-66)129-9)132-97(126)114-31-26-75-73(57-114)54-104-96(107-75)112-38-36-110(37-39-112)82(118)27-41-130-42-40-109-32-34-111(35-33-109)95-102-52-72(53-103-95)92(123)113-30-25-68-46-67(19-21-70(68)56-113)55-116-91-83(89(99)105-58-106-91)84(108-116)71-48-69-24-28-100-90(69)101-51-71/h10-12,15-16,19,21,24,28,44,46,48,51-54,58-59,61-63,65-66,74,76,78-81,86-87,120-121,127H,13-14,17-18,20,22-23,25-27,29-43,45,47,49-50,55-57H2,1-9H3,(H,100,101)(H2,99,105,106)/b12-10+,15-11+,60-16+,64-44+/t59-,61-,62-,63-,65-,66+,74+,76+,78-,79+,80+,81-,86-,87+,98-/m1/s1. The van der Waals surface area contributed by atoms with E-state index >= 15 is 0 Å². The molecule has 15 atom stereocenters. The number of hydrogen-bond donors (Lipinski definition) is 5. The lowest BCUT2D eigenvalue weighted by atomic mass is 9.78. The number of piperazine rings is 2. The van der Waals surface area contributed by atoms with Crippen LogP contribution in [0.3, 0.4) is 0 Å². The highest BCUT2D eigenvalue weighted by molar-refractivity contribution is 6.39. The fourth-order valence-corrected chi connectivity index (χ4v) is 20.0. The third-order valence-corrected chi connectivity index (χ3v) is 28.3. The molecule has 6 aromatic heterocycles. The van der Waals surface area contributed by atoms with Gasteiger partial charge in [0.15, 0.2) is 11.4 Å². The lowest BCUT2D eigenvalue weighted by molar-refractivity contribution is -0.265. The smallest absolute Gasteiger partial charge is 0.410 e. The number of aromatic amines is 1. The van der Waals surface area contributed by atoms with Crippen molar-refractivity contribution in [2.24, 2.45) is 35.5 Å². The monoisotopic (exact) mass is 1830 g/mol. The zero-order valence-corrected chi connectivity index (χ0v) is 77.8. The van der Waals surface area contributed by atoms with E-state index in [1.165, 1.54) is 22.9 Å². The molecule has 6 N–H and O–H groups in total. The summed E-state index contributed by atoms with van der Waals surface area (Å²) in [5.41, 5.74) is 15.8. The van der Waals surface area contributed by atoms with Crippen molar-refractivity contribution < 1.29 is 82.1 Å². The first-order chi connectivity index (χ1) is 64.1. The predicted octanol–water partition coefficient (Wildman–Crippen LogP) is 8.70. The molecule has 133 heavy (non-hydrogen) atoms. The second kappa shape index (κ2) is 43.4. The number of aliphatic hydroxyl groups excluding tert-OH is 2. The summed E-state index contributed by atoms with van der Waals surface area (Å²) in [6.45, 7) is 21.0. The number of aliphatic hydroxyl groups is 3. The molecular formula is C98H128N18O17. The normalized spacial score (nSPS) is 28.4. The summed E-state index contributed by atoms with van der Waals surface area (Å²) in [5, 5.41) is 41.5. The molecule has 4 amide bonds. The number of methoxy groups -OCH3 is 2. The van der Waals surface area contributed by atoms with E-state index in [1.807, 2.05) is 84.0 Å². The molecular weight excluding hydrogens is 1700 g/mol. The fourth-order valence-electron chi connectivity index (χ4n) is 20.0. The van der Waals surface area contributed by atoms with E-state index in [4.69, 9.17) is 49.2 Å².